The molecule has 0 bridgehead atoms. The summed E-state index contributed by atoms with van der Waals surface area (Å²) in [6, 6.07) is 23.1. The molecule has 166 valence electrons. The number of benzene rings is 4. The van der Waals surface area contributed by atoms with E-state index in [1.807, 2.05) is 30.3 Å². The number of nitrogens with zero attached hydrogens (tertiary/aromatic N) is 1. The molecule has 1 N–H and O–H groups in total. The Morgan fingerprint density at radius 1 is 1.06 bits per heavy atom. The number of methoxy groups -OCH3 is 1. The highest BCUT2D eigenvalue weighted by atomic mass is 79.9. The molecule has 4 rings (SSSR count). The van der Waals surface area contributed by atoms with E-state index in [9.17, 15) is 9.18 Å². The van der Waals surface area contributed by atoms with Crippen molar-refractivity contribution in [3.05, 3.63) is 106 Å². The van der Waals surface area contributed by atoms with Gasteiger partial charge in [0, 0.05) is 5.56 Å². The average Bonchev–Trinajstić information content (AvgIpc) is 2.83. The molecule has 0 fully saturated rings. The molecule has 0 atom stereocenters. The molecule has 0 radical (unpaired) electrons. The molecule has 0 unspecified atom stereocenters. The zero-order chi connectivity index (χ0) is 23.2. The van der Waals surface area contributed by atoms with Gasteiger partial charge < -0.3 is 9.47 Å². The second kappa shape index (κ2) is 10.3. The van der Waals surface area contributed by atoms with Gasteiger partial charge in [0.25, 0.3) is 5.91 Å². The van der Waals surface area contributed by atoms with Gasteiger partial charge in [0.05, 0.1) is 17.8 Å². The van der Waals surface area contributed by atoms with Crippen molar-refractivity contribution in [3.63, 3.8) is 0 Å². The van der Waals surface area contributed by atoms with Crippen LogP contribution in [0.1, 0.15) is 21.5 Å². The molecule has 33 heavy (non-hydrogen) atoms. The average molecular weight is 507 g/mol. The highest BCUT2D eigenvalue weighted by Crippen LogP contribution is 2.37. The van der Waals surface area contributed by atoms with E-state index in [2.05, 4.69) is 44.7 Å². The fourth-order valence-electron chi connectivity index (χ4n) is 3.35. The first-order chi connectivity index (χ1) is 16.0. The van der Waals surface area contributed by atoms with E-state index < -0.39 is 11.7 Å². The number of carbonyl (C=O) groups is 1. The molecule has 4 aromatic rings. The Labute approximate surface area is 199 Å². The Balaban J connectivity index is 1.47. The summed E-state index contributed by atoms with van der Waals surface area (Å²) in [7, 11) is 1.56. The second-order valence-corrected chi connectivity index (χ2v) is 8.02. The quantitative estimate of drug-likeness (QED) is 0.243. The first kappa shape index (κ1) is 22.5. The molecule has 5 nitrogen and oxygen atoms in total. The van der Waals surface area contributed by atoms with Crippen LogP contribution in [0.25, 0.3) is 10.8 Å². The minimum Gasteiger partial charge on any atom is -0.493 e. The highest BCUT2D eigenvalue weighted by molar-refractivity contribution is 9.10. The van der Waals surface area contributed by atoms with Gasteiger partial charge in [-0.1, -0.05) is 42.5 Å². The van der Waals surface area contributed by atoms with Crippen LogP contribution in [-0.2, 0) is 6.61 Å². The maximum absolute atomic E-state index is 13.0. The van der Waals surface area contributed by atoms with Crippen molar-refractivity contribution in [2.75, 3.05) is 7.11 Å². The summed E-state index contributed by atoms with van der Waals surface area (Å²) in [4.78, 5) is 12.1. The van der Waals surface area contributed by atoms with E-state index in [1.165, 1.54) is 30.5 Å². The van der Waals surface area contributed by atoms with Crippen molar-refractivity contribution in [1.82, 2.24) is 5.43 Å². The third kappa shape index (κ3) is 5.38. The van der Waals surface area contributed by atoms with Gasteiger partial charge in [0.2, 0.25) is 0 Å². The van der Waals surface area contributed by atoms with Gasteiger partial charge in [-0.3, -0.25) is 4.79 Å². The molecule has 0 aliphatic rings. The minimum absolute atomic E-state index is 0.310. The Morgan fingerprint density at radius 3 is 2.61 bits per heavy atom. The summed E-state index contributed by atoms with van der Waals surface area (Å²) < 4.78 is 25.3. The topological polar surface area (TPSA) is 59.9 Å². The van der Waals surface area contributed by atoms with Crippen molar-refractivity contribution in [1.29, 1.82) is 0 Å². The first-order valence-corrected chi connectivity index (χ1v) is 10.9. The summed E-state index contributed by atoms with van der Waals surface area (Å²) >= 11 is 3.54. The number of hydrogen-bond donors (Lipinski definition) is 1. The molecule has 0 heterocycles. The smallest absolute Gasteiger partial charge is 0.271 e. The van der Waals surface area contributed by atoms with Crippen LogP contribution in [-0.4, -0.2) is 19.2 Å². The van der Waals surface area contributed by atoms with Crippen molar-refractivity contribution in [2.24, 2.45) is 5.10 Å². The molecular weight excluding hydrogens is 487 g/mol. The zero-order valence-corrected chi connectivity index (χ0v) is 19.3. The van der Waals surface area contributed by atoms with Crippen LogP contribution in [0.3, 0.4) is 0 Å². The molecule has 4 aromatic carbocycles. The maximum Gasteiger partial charge on any atom is 0.271 e. The molecule has 0 saturated carbocycles. The zero-order valence-electron chi connectivity index (χ0n) is 17.7. The first-order valence-electron chi connectivity index (χ1n) is 10.1. The normalized spacial score (nSPS) is 11.0. The van der Waals surface area contributed by atoms with Crippen molar-refractivity contribution >= 4 is 38.8 Å². The standard InChI is InChI=1S/C26H20BrFN2O3/c1-32-24-14-17(15-29-30-26(31)19-9-11-21(28)12-10-19)13-23(27)25(24)33-16-20-7-4-6-18-5-2-3-8-22(18)20/h2-15H,16H2,1H3,(H,30,31)/b29-15+. The van der Waals surface area contributed by atoms with E-state index in [0.717, 1.165) is 16.3 Å². The Hall–Kier alpha value is -3.71. The maximum atomic E-state index is 13.0. The number of carbonyl (C=O) groups excluding carboxylic acids is 1. The Morgan fingerprint density at radius 2 is 1.82 bits per heavy atom. The molecular formula is C26H20BrFN2O3. The highest BCUT2D eigenvalue weighted by Gasteiger charge is 2.12. The Kier molecular flexibility index (Phi) is 7.00. The van der Waals surface area contributed by atoms with Gasteiger partial charge >= 0.3 is 0 Å². The lowest BCUT2D eigenvalue weighted by Gasteiger charge is -2.14. The minimum atomic E-state index is -0.438. The van der Waals surface area contributed by atoms with Gasteiger partial charge in [-0.05, 0) is 74.2 Å². The number of nitrogens with one attached hydrogen (secondary N) is 1. The summed E-state index contributed by atoms with van der Waals surface area (Å²) in [5, 5.41) is 6.27. The van der Waals surface area contributed by atoms with Gasteiger partial charge in [-0.25, -0.2) is 9.82 Å². The van der Waals surface area contributed by atoms with Gasteiger partial charge in [-0.2, -0.15) is 5.10 Å². The van der Waals surface area contributed by atoms with Crippen LogP contribution < -0.4 is 14.9 Å². The summed E-state index contributed by atoms with van der Waals surface area (Å²) in [6.45, 7) is 0.372. The van der Waals surface area contributed by atoms with Crippen LogP contribution in [0.2, 0.25) is 0 Å². The monoisotopic (exact) mass is 506 g/mol. The molecule has 1 amide bonds. The van der Waals surface area contributed by atoms with Crippen LogP contribution in [0.4, 0.5) is 4.39 Å². The van der Waals surface area contributed by atoms with Gasteiger partial charge in [0.15, 0.2) is 11.5 Å². The fourth-order valence-corrected chi connectivity index (χ4v) is 3.93. The predicted molar refractivity (Wildman–Crippen MR) is 130 cm³/mol. The van der Waals surface area contributed by atoms with Crippen LogP contribution >= 0.6 is 15.9 Å². The molecule has 0 aromatic heterocycles. The number of fused-ring (bicyclic) bond motifs is 1. The van der Waals surface area contributed by atoms with E-state index in [-0.39, 0.29) is 0 Å². The van der Waals surface area contributed by atoms with E-state index >= 15 is 0 Å². The predicted octanol–water partition coefficient (Wildman–Crippen LogP) is 6.09. The second-order valence-electron chi connectivity index (χ2n) is 7.17. The lowest BCUT2D eigenvalue weighted by atomic mass is 10.1. The van der Waals surface area contributed by atoms with Crippen molar-refractivity contribution < 1.29 is 18.7 Å². The Bertz CT molecular complexity index is 1320. The van der Waals surface area contributed by atoms with Crippen molar-refractivity contribution in [3.8, 4) is 11.5 Å². The number of ether oxygens (including phenoxy) is 2. The van der Waals surface area contributed by atoms with Crippen molar-refractivity contribution in [2.45, 2.75) is 6.61 Å². The lowest BCUT2D eigenvalue weighted by Crippen LogP contribution is -2.17. The molecule has 0 aliphatic carbocycles. The van der Waals surface area contributed by atoms with Crippen LogP contribution in [0.5, 0.6) is 11.5 Å². The van der Waals surface area contributed by atoms with E-state index in [1.54, 1.807) is 13.2 Å². The number of hydrogen-bond acceptors (Lipinski definition) is 4. The van der Waals surface area contributed by atoms with Gasteiger partial charge in [-0.15, -0.1) is 0 Å². The number of halogens is 2. The number of amides is 1. The number of rotatable bonds is 7. The third-order valence-corrected chi connectivity index (χ3v) is 5.58. The summed E-state index contributed by atoms with van der Waals surface area (Å²) in [5.74, 6) is 0.246. The molecule has 0 spiro atoms. The summed E-state index contributed by atoms with van der Waals surface area (Å²) in [5.41, 5.74) is 4.49. The van der Waals surface area contributed by atoms with E-state index in [0.29, 0.717) is 33.7 Å². The summed E-state index contributed by atoms with van der Waals surface area (Å²) in [6.07, 6.45) is 1.49. The number of hydrazone groups is 1. The lowest BCUT2D eigenvalue weighted by molar-refractivity contribution is 0.0955. The van der Waals surface area contributed by atoms with Crippen LogP contribution in [0, 0.1) is 5.82 Å². The fraction of sp³-hybridized carbons (Fsp3) is 0.0769. The van der Waals surface area contributed by atoms with Gasteiger partial charge in [0.1, 0.15) is 12.4 Å². The largest absolute Gasteiger partial charge is 0.493 e. The SMILES string of the molecule is COc1cc(/C=N/NC(=O)c2ccc(F)cc2)cc(Br)c1OCc1cccc2ccccc12. The van der Waals surface area contributed by atoms with Crippen LogP contribution in [0.15, 0.2) is 88.4 Å². The third-order valence-electron chi connectivity index (χ3n) is 4.99. The molecule has 0 aliphatic heterocycles. The molecule has 0 saturated heterocycles. The van der Waals surface area contributed by atoms with E-state index in [4.69, 9.17) is 9.47 Å². The molecule has 7 heteroatoms.